The van der Waals surface area contributed by atoms with Gasteiger partial charge in [0, 0.05) is 26.2 Å². The van der Waals surface area contributed by atoms with E-state index >= 15 is 0 Å². The molecule has 0 aromatic heterocycles. The Labute approximate surface area is 111 Å². The molecule has 0 spiro atoms. The quantitative estimate of drug-likeness (QED) is 0.611. The zero-order valence-electron chi connectivity index (χ0n) is 11.4. The zero-order valence-corrected chi connectivity index (χ0v) is 11.4. The molecule has 18 heavy (non-hydrogen) atoms. The Morgan fingerprint density at radius 1 is 1.11 bits per heavy atom. The molecule has 0 saturated carbocycles. The zero-order chi connectivity index (χ0) is 12.6. The van der Waals surface area contributed by atoms with Crippen LogP contribution in [0.3, 0.4) is 0 Å². The maximum Gasteiger partial charge on any atom is 0.0237 e. The summed E-state index contributed by atoms with van der Waals surface area (Å²) in [5.74, 6) is 0. The molecule has 0 unspecified atom stereocenters. The van der Waals surface area contributed by atoms with Crippen LogP contribution in [0.15, 0.2) is 36.4 Å². The monoisotopic (exact) mass is 244 g/mol. The minimum atomic E-state index is 0.987. The predicted octanol–water partition coefficient (Wildman–Crippen LogP) is 2.95. The first-order chi connectivity index (χ1) is 8.88. The second-order valence-corrected chi connectivity index (χ2v) is 4.99. The molecule has 0 amide bonds. The summed E-state index contributed by atoms with van der Waals surface area (Å²) in [6.07, 6.45) is 6.94. The second-order valence-electron chi connectivity index (χ2n) is 4.99. The Morgan fingerprint density at radius 3 is 2.56 bits per heavy atom. The Morgan fingerprint density at radius 2 is 1.89 bits per heavy atom. The van der Waals surface area contributed by atoms with Gasteiger partial charge in [0.15, 0.2) is 0 Å². The molecule has 1 aromatic carbocycles. The van der Waals surface area contributed by atoms with Crippen LogP contribution < -0.4 is 5.32 Å². The fourth-order valence-corrected chi connectivity index (χ4v) is 2.26. The van der Waals surface area contributed by atoms with Crippen molar-refractivity contribution in [1.29, 1.82) is 0 Å². The van der Waals surface area contributed by atoms with Crippen molar-refractivity contribution in [3.8, 4) is 0 Å². The molecule has 1 N–H and O–H groups in total. The van der Waals surface area contributed by atoms with E-state index in [4.69, 9.17) is 0 Å². The highest BCUT2D eigenvalue weighted by atomic mass is 15.1. The Balaban J connectivity index is 1.81. The summed E-state index contributed by atoms with van der Waals surface area (Å²) in [5, 5.41) is 3.43. The van der Waals surface area contributed by atoms with Crippen LogP contribution in [0.5, 0.6) is 0 Å². The van der Waals surface area contributed by atoms with E-state index < -0.39 is 0 Å². The average Bonchev–Trinajstić information content (AvgIpc) is 2.42. The van der Waals surface area contributed by atoms with E-state index in [-0.39, 0.29) is 0 Å². The third-order valence-electron chi connectivity index (χ3n) is 3.33. The minimum Gasteiger partial charge on any atom is -0.313 e. The maximum atomic E-state index is 3.43. The highest BCUT2D eigenvalue weighted by Gasteiger charge is 2.06. The van der Waals surface area contributed by atoms with Crippen molar-refractivity contribution < 1.29 is 0 Å². The fourth-order valence-electron chi connectivity index (χ4n) is 2.26. The molecule has 2 nitrogen and oxygen atoms in total. The molecule has 0 radical (unpaired) electrons. The Bertz CT molecular complexity index is 367. The number of hydrogen-bond donors (Lipinski definition) is 1. The van der Waals surface area contributed by atoms with E-state index in [1.807, 2.05) is 0 Å². The van der Waals surface area contributed by atoms with Gasteiger partial charge in [-0.05, 0) is 30.5 Å². The Hall–Kier alpha value is -1.12. The van der Waals surface area contributed by atoms with Crippen LogP contribution in [-0.4, -0.2) is 24.5 Å². The van der Waals surface area contributed by atoms with Crippen LogP contribution in [0.2, 0.25) is 0 Å². The molecule has 2 rings (SSSR count). The van der Waals surface area contributed by atoms with Crippen molar-refractivity contribution in [3.05, 3.63) is 47.5 Å². The summed E-state index contributed by atoms with van der Waals surface area (Å²) in [6.45, 7) is 7.65. The van der Waals surface area contributed by atoms with Crippen molar-refractivity contribution in [3.63, 3.8) is 0 Å². The molecule has 0 atom stereocenters. The number of nitrogens with one attached hydrogen (secondary N) is 1. The minimum absolute atomic E-state index is 0.987. The molecular formula is C16H24N2. The van der Waals surface area contributed by atoms with Gasteiger partial charge < -0.3 is 5.32 Å². The summed E-state index contributed by atoms with van der Waals surface area (Å²) in [5.41, 5.74) is 2.80. The first-order valence-corrected chi connectivity index (χ1v) is 7.04. The molecular weight excluding hydrogens is 220 g/mol. The van der Waals surface area contributed by atoms with Crippen molar-refractivity contribution >= 4 is 0 Å². The molecule has 0 fully saturated rings. The molecule has 1 aliphatic heterocycles. The Kier molecular flexibility index (Phi) is 5.43. The van der Waals surface area contributed by atoms with Gasteiger partial charge in [-0.2, -0.15) is 0 Å². The molecule has 1 heterocycles. The first kappa shape index (κ1) is 13.3. The number of rotatable bonds is 6. The van der Waals surface area contributed by atoms with E-state index in [2.05, 4.69) is 53.6 Å². The lowest BCUT2D eigenvalue weighted by molar-refractivity contribution is 0.290. The topological polar surface area (TPSA) is 15.3 Å². The van der Waals surface area contributed by atoms with E-state index in [9.17, 15) is 0 Å². The molecule has 2 heteroatoms. The average molecular weight is 244 g/mol. The van der Waals surface area contributed by atoms with Crippen LogP contribution in [-0.2, 0) is 13.1 Å². The van der Waals surface area contributed by atoms with E-state index in [1.165, 1.54) is 30.5 Å². The standard InChI is InChI=1S/C16H24N2/c1-2-10-17-13-15-6-8-16(9-7-15)14-18-11-4-3-5-12-18/h3-4,6-9,17H,2,5,10-14H2,1H3. The van der Waals surface area contributed by atoms with Gasteiger partial charge >= 0.3 is 0 Å². The fraction of sp³-hybridized carbons (Fsp3) is 0.500. The van der Waals surface area contributed by atoms with Crippen LogP contribution in [0, 0.1) is 0 Å². The highest BCUT2D eigenvalue weighted by Crippen LogP contribution is 2.10. The van der Waals surface area contributed by atoms with Gasteiger partial charge in [0.2, 0.25) is 0 Å². The maximum absolute atomic E-state index is 3.43. The number of nitrogens with zero attached hydrogens (tertiary/aromatic N) is 1. The molecule has 0 aliphatic carbocycles. The lowest BCUT2D eigenvalue weighted by Crippen LogP contribution is -2.26. The van der Waals surface area contributed by atoms with Crippen molar-refractivity contribution in [2.24, 2.45) is 0 Å². The van der Waals surface area contributed by atoms with Gasteiger partial charge in [0.1, 0.15) is 0 Å². The molecule has 1 aromatic rings. The summed E-state index contributed by atoms with van der Waals surface area (Å²) in [4.78, 5) is 2.49. The number of hydrogen-bond acceptors (Lipinski definition) is 2. The van der Waals surface area contributed by atoms with Crippen LogP contribution in [0.25, 0.3) is 0 Å². The SMILES string of the molecule is CCCNCc1ccc(CN2CC=CCC2)cc1. The third kappa shape index (κ3) is 4.28. The van der Waals surface area contributed by atoms with Crippen molar-refractivity contribution in [2.45, 2.75) is 32.9 Å². The summed E-state index contributed by atoms with van der Waals surface area (Å²) < 4.78 is 0. The second kappa shape index (κ2) is 7.34. The van der Waals surface area contributed by atoms with Gasteiger partial charge in [-0.25, -0.2) is 0 Å². The smallest absolute Gasteiger partial charge is 0.0237 e. The molecule has 0 saturated heterocycles. The van der Waals surface area contributed by atoms with Gasteiger partial charge in [0.25, 0.3) is 0 Å². The molecule has 1 aliphatic rings. The third-order valence-corrected chi connectivity index (χ3v) is 3.33. The summed E-state index contributed by atoms with van der Waals surface area (Å²) in [6, 6.07) is 9.03. The first-order valence-electron chi connectivity index (χ1n) is 7.04. The molecule has 98 valence electrons. The highest BCUT2D eigenvalue weighted by molar-refractivity contribution is 5.22. The van der Waals surface area contributed by atoms with E-state index in [0.29, 0.717) is 0 Å². The summed E-state index contributed by atoms with van der Waals surface area (Å²) >= 11 is 0. The van der Waals surface area contributed by atoms with Gasteiger partial charge in [-0.15, -0.1) is 0 Å². The predicted molar refractivity (Wildman–Crippen MR) is 77.5 cm³/mol. The van der Waals surface area contributed by atoms with Gasteiger partial charge in [0.05, 0.1) is 0 Å². The number of benzene rings is 1. The lowest BCUT2D eigenvalue weighted by atomic mass is 10.1. The lowest BCUT2D eigenvalue weighted by Gasteiger charge is -2.23. The largest absolute Gasteiger partial charge is 0.313 e. The van der Waals surface area contributed by atoms with Crippen molar-refractivity contribution in [1.82, 2.24) is 10.2 Å². The summed E-state index contributed by atoms with van der Waals surface area (Å²) in [7, 11) is 0. The van der Waals surface area contributed by atoms with Gasteiger partial charge in [-0.1, -0.05) is 43.3 Å². The van der Waals surface area contributed by atoms with Crippen LogP contribution >= 0.6 is 0 Å². The van der Waals surface area contributed by atoms with E-state index in [0.717, 1.165) is 26.2 Å². The van der Waals surface area contributed by atoms with Crippen LogP contribution in [0.1, 0.15) is 30.9 Å². The molecule has 0 bridgehead atoms. The van der Waals surface area contributed by atoms with E-state index in [1.54, 1.807) is 0 Å². The van der Waals surface area contributed by atoms with Crippen molar-refractivity contribution in [2.75, 3.05) is 19.6 Å². The normalized spacial score (nSPS) is 16.1. The van der Waals surface area contributed by atoms with Crippen LogP contribution in [0.4, 0.5) is 0 Å². The van der Waals surface area contributed by atoms with Gasteiger partial charge in [-0.3, -0.25) is 4.90 Å².